The summed E-state index contributed by atoms with van der Waals surface area (Å²) in [6, 6.07) is 8.00. The Morgan fingerprint density at radius 3 is 2.62 bits per heavy atom. The van der Waals surface area contributed by atoms with E-state index in [1.54, 1.807) is 18.2 Å². The summed E-state index contributed by atoms with van der Waals surface area (Å²) in [7, 11) is 2.95. The largest absolute Gasteiger partial charge is 0.497 e. The lowest BCUT2D eigenvalue weighted by atomic mass is 10.1. The number of nitro benzene ring substituents is 1. The lowest BCUT2D eigenvalue weighted by Gasteiger charge is -2.17. The van der Waals surface area contributed by atoms with Crippen LogP contribution in [0.1, 0.15) is 11.7 Å². The normalized spacial score (nSPS) is 11.7. The Morgan fingerprint density at radius 2 is 2.00 bits per heavy atom. The first-order valence-corrected chi connectivity index (χ1v) is 7.04. The van der Waals surface area contributed by atoms with Crippen molar-refractivity contribution in [2.45, 2.75) is 6.10 Å². The first kappa shape index (κ1) is 17.5. The monoisotopic (exact) mass is 336 g/mol. The van der Waals surface area contributed by atoms with Gasteiger partial charge in [-0.1, -0.05) is 0 Å². The van der Waals surface area contributed by atoms with E-state index in [0.717, 1.165) is 18.2 Å². The molecule has 2 N–H and O–H groups in total. The number of benzene rings is 2. The van der Waals surface area contributed by atoms with Gasteiger partial charge in [-0.05, 0) is 24.3 Å². The second-order valence-corrected chi connectivity index (χ2v) is 4.92. The number of ether oxygens (including phenoxy) is 2. The molecular formula is C16H17FN2O5. The van der Waals surface area contributed by atoms with Crippen molar-refractivity contribution in [3.05, 3.63) is 57.9 Å². The van der Waals surface area contributed by atoms with Crippen LogP contribution in [0.2, 0.25) is 0 Å². The molecule has 2 aromatic carbocycles. The average molecular weight is 336 g/mol. The Morgan fingerprint density at radius 1 is 1.25 bits per heavy atom. The van der Waals surface area contributed by atoms with Crippen LogP contribution in [-0.2, 0) is 0 Å². The van der Waals surface area contributed by atoms with Crippen molar-refractivity contribution in [3.8, 4) is 11.5 Å². The van der Waals surface area contributed by atoms with Crippen LogP contribution in [0, 0.1) is 15.9 Å². The number of nitrogens with zero attached hydrogens (tertiary/aromatic N) is 1. The highest BCUT2D eigenvalue weighted by Crippen LogP contribution is 2.31. The Balaban J connectivity index is 2.21. The van der Waals surface area contributed by atoms with Crippen LogP contribution >= 0.6 is 0 Å². The summed E-state index contributed by atoms with van der Waals surface area (Å²) < 4.78 is 23.6. The average Bonchev–Trinajstić information content (AvgIpc) is 2.58. The van der Waals surface area contributed by atoms with Gasteiger partial charge in [-0.25, -0.2) is 4.39 Å². The number of aliphatic hydroxyl groups excluding tert-OH is 1. The van der Waals surface area contributed by atoms with Crippen molar-refractivity contribution < 1.29 is 23.9 Å². The highest BCUT2D eigenvalue weighted by atomic mass is 19.1. The molecule has 128 valence electrons. The first-order chi connectivity index (χ1) is 11.5. The second-order valence-electron chi connectivity index (χ2n) is 4.92. The Hall–Kier alpha value is -2.87. The smallest absolute Gasteiger partial charge is 0.292 e. The highest BCUT2D eigenvalue weighted by Gasteiger charge is 2.18. The molecule has 0 saturated heterocycles. The van der Waals surface area contributed by atoms with Crippen molar-refractivity contribution in [1.82, 2.24) is 0 Å². The molecule has 0 aromatic heterocycles. The zero-order valence-corrected chi connectivity index (χ0v) is 13.2. The van der Waals surface area contributed by atoms with Gasteiger partial charge in [0.15, 0.2) is 0 Å². The van der Waals surface area contributed by atoms with E-state index in [-0.39, 0.29) is 17.9 Å². The quantitative estimate of drug-likeness (QED) is 0.596. The third kappa shape index (κ3) is 3.90. The summed E-state index contributed by atoms with van der Waals surface area (Å²) in [5, 5.41) is 24.0. The second kappa shape index (κ2) is 7.60. The molecule has 8 heteroatoms. The van der Waals surface area contributed by atoms with Gasteiger partial charge in [-0.2, -0.15) is 0 Å². The zero-order valence-electron chi connectivity index (χ0n) is 13.2. The third-order valence-corrected chi connectivity index (χ3v) is 3.44. The summed E-state index contributed by atoms with van der Waals surface area (Å²) in [6.45, 7) is -0.0756. The minimum atomic E-state index is -1.04. The molecule has 0 spiro atoms. The van der Waals surface area contributed by atoms with E-state index in [4.69, 9.17) is 9.47 Å². The molecule has 0 radical (unpaired) electrons. The Labute approximate surface area is 137 Å². The summed E-state index contributed by atoms with van der Waals surface area (Å²) in [6.07, 6.45) is -1.04. The van der Waals surface area contributed by atoms with Crippen LogP contribution in [0.5, 0.6) is 11.5 Å². The fraction of sp³-hybridized carbons (Fsp3) is 0.250. The summed E-state index contributed by atoms with van der Waals surface area (Å²) in [5.41, 5.74) is 0.158. The van der Waals surface area contributed by atoms with Gasteiger partial charge in [0.2, 0.25) is 0 Å². The number of nitrogens with one attached hydrogen (secondary N) is 1. The molecule has 2 aromatic rings. The summed E-state index contributed by atoms with van der Waals surface area (Å²) in [4.78, 5) is 10.4. The topological polar surface area (TPSA) is 93.9 Å². The fourth-order valence-corrected chi connectivity index (χ4v) is 2.23. The van der Waals surface area contributed by atoms with Crippen LogP contribution in [0.25, 0.3) is 0 Å². The van der Waals surface area contributed by atoms with Gasteiger partial charge in [-0.15, -0.1) is 0 Å². The maximum atomic E-state index is 13.3. The maximum absolute atomic E-state index is 13.3. The number of rotatable bonds is 7. The van der Waals surface area contributed by atoms with Crippen LogP contribution in [0.3, 0.4) is 0 Å². The third-order valence-electron chi connectivity index (χ3n) is 3.44. The van der Waals surface area contributed by atoms with Crippen LogP contribution in [0.15, 0.2) is 36.4 Å². The lowest BCUT2D eigenvalue weighted by molar-refractivity contribution is -0.384. The summed E-state index contributed by atoms with van der Waals surface area (Å²) in [5.74, 6) is 0.358. The van der Waals surface area contributed by atoms with Gasteiger partial charge in [0.25, 0.3) is 5.69 Å². The molecule has 0 heterocycles. The van der Waals surface area contributed by atoms with E-state index >= 15 is 0 Å². The minimum absolute atomic E-state index is 0.0130. The van der Waals surface area contributed by atoms with E-state index in [1.165, 1.54) is 14.2 Å². The summed E-state index contributed by atoms with van der Waals surface area (Å²) >= 11 is 0. The molecule has 0 saturated carbocycles. The number of hydrogen-bond donors (Lipinski definition) is 2. The van der Waals surface area contributed by atoms with E-state index in [1.807, 2.05) is 0 Å². The minimum Gasteiger partial charge on any atom is -0.497 e. The molecule has 24 heavy (non-hydrogen) atoms. The molecule has 1 atom stereocenters. The molecule has 0 aliphatic heterocycles. The molecule has 1 unspecified atom stereocenters. The van der Waals surface area contributed by atoms with E-state index in [0.29, 0.717) is 17.1 Å². The van der Waals surface area contributed by atoms with Crippen molar-refractivity contribution >= 4 is 11.4 Å². The zero-order chi connectivity index (χ0) is 17.7. The maximum Gasteiger partial charge on any atom is 0.292 e. The van der Waals surface area contributed by atoms with E-state index in [2.05, 4.69) is 5.32 Å². The van der Waals surface area contributed by atoms with Crippen molar-refractivity contribution in [1.29, 1.82) is 0 Å². The van der Waals surface area contributed by atoms with Gasteiger partial charge in [-0.3, -0.25) is 10.1 Å². The van der Waals surface area contributed by atoms with Gasteiger partial charge < -0.3 is 19.9 Å². The standard InChI is InChI=1S/C16H17FN2O5/c1-23-11-4-6-16(24-2)12(8-11)15(20)9-18-13-7-10(17)3-5-14(13)19(21)22/h3-8,15,18,20H,9H2,1-2H3. The first-order valence-electron chi connectivity index (χ1n) is 7.04. The molecule has 0 aliphatic rings. The van der Waals surface area contributed by atoms with Crippen molar-refractivity contribution in [3.63, 3.8) is 0 Å². The molecule has 7 nitrogen and oxygen atoms in total. The number of methoxy groups -OCH3 is 2. The Kier molecular flexibility index (Phi) is 5.54. The molecule has 0 fully saturated rings. The fourth-order valence-electron chi connectivity index (χ4n) is 2.23. The van der Waals surface area contributed by atoms with Crippen molar-refractivity contribution in [2.24, 2.45) is 0 Å². The predicted octanol–water partition coefficient (Wildman–Crippen LogP) is 2.90. The number of hydrogen-bond acceptors (Lipinski definition) is 6. The van der Waals surface area contributed by atoms with Gasteiger partial charge in [0.1, 0.15) is 23.0 Å². The Bertz CT molecular complexity index is 738. The van der Waals surface area contributed by atoms with Gasteiger partial charge in [0, 0.05) is 24.2 Å². The number of anilines is 1. The molecule has 2 rings (SSSR count). The molecule has 0 bridgehead atoms. The highest BCUT2D eigenvalue weighted by molar-refractivity contribution is 5.61. The van der Waals surface area contributed by atoms with Crippen LogP contribution in [-0.4, -0.2) is 30.8 Å². The molecular weight excluding hydrogens is 319 g/mol. The van der Waals surface area contributed by atoms with E-state index in [9.17, 15) is 19.6 Å². The van der Waals surface area contributed by atoms with Crippen LogP contribution in [0.4, 0.5) is 15.8 Å². The van der Waals surface area contributed by atoms with Crippen molar-refractivity contribution in [2.75, 3.05) is 26.1 Å². The number of halogens is 1. The van der Waals surface area contributed by atoms with Gasteiger partial charge in [0.05, 0.1) is 25.2 Å². The number of aliphatic hydroxyl groups is 1. The van der Waals surface area contributed by atoms with E-state index < -0.39 is 16.8 Å². The lowest BCUT2D eigenvalue weighted by Crippen LogP contribution is -2.14. The molecule has 0 aliphatic carbocycles. The molecule has 0 amide bonds. The SMILES string of the molecule is COc1ccc(OC)c(C(O)CNc2cc(F)ccc2[N+](=O)[O-])c1. The van der Waals surface area contributed by atoms with Gasteiger partial charge >= 0.3 is 0 Å². The van der Waals surface area contributed by atoms with Crippen LogP contribution < -0.4 is 14.8 Å². The number of nitro groups is 1. The predicted molar refractivity (Wildman–Crippen MR) is 86.0 cm³/mol.